The number of aliphatic imine (C=N–C) groups is 1. The average molecular weight is 285 g/mol. The van der Waals surface area contributed by atoms with Gasteiger partial charge in [-0.2, -0.15) is 0 Å². The van der Waals surface area contributed by atoms with Gasteiger partial charge in [0.15, 0.2) is 0 Å². The molecule has 0 bridgehead atoms. The molecular formula is C17H20FN3. The highest BCUT2D eigenvalue weighted by molar-refractivity contribution is 5.86. The summed E-state index contributed by atoms with van der Waals surface area (Å²) >= 11 is 0. The van der Waals surface area contributed by atoms with E-state index >= 15 is 0 Å². The fourth-order valence-electron chi connectivity index (χ4n) is 3.29. The molecule has 2 atom stereocenters. The highest BCUT2D eigenvalue weighted by atomic mass is 19.1. The lowest BCUT2D eigenvalue weighted by molar-refractivity contribution is 0.364. The van der Waals surface area contributed by atoms with Crippen molar-refractivity contribution in [3.63, 3.8) is 0 Å². The summed E-state index contributed by atoms with van der Waals surface area (Å²) in [5.41, 5.74) is 2.32. The molecule has 1 saturated heterocycles. The first-order chi connectivity index (χ1) is 10.2. The van der Waals surface area contributed by atoms with Crippen LogP contribution in [0.1, 0.15) is 30.4 Å². The fraction of sp³-hybridized carbons (Fsp3) is 0.412. The number of benzene rings is 1. The number of nitrogens with zero attached hydrogens (tertiary/aromatic N) is 2. The van der Waals surface area contributed by atoms with E-state index in [1.165, 1.54) is 0 Å². The first kappa shape index (κ1) is 14.1. The highest BCUT2D eigenvalue weighted by Crippen LogP contribution is 2.34. The van der Waals surface area contributed by atoms with E-state index in [0.29, 0.717) is 17.4 Å². The molecular weight excluding hydrogens is 265 g/mol. The Hall–Kier alpha value is -1.81. The van der Waals surface area contributed by atoms with E-state index in [9.17, 15) is 4.39 Å². The zero-order chi connectivity index (χ0) is 14.8. The quantitative estimate of drug-likeness (QED) is 0.879. The fourth-order valence-corrected chi connectivity index (χ4v) is 3.29. The van der Waals surface area contributed by atoms with Gasteiger partial charge in [0.1, 0.15) is 5.82 Å². The molecule has 1 aromatic heterocycles. The Kier molecular flexibility index (Phi) is 3.97. The minimum atomic E-state index is -0.221. The van der Waals surface area contributed by atoms with Crippen LogP contribution in [0.15, 0.2) is 29.4 Å². The van der Waals surface area contributed by atoms with Crippen molar-refractivity contribution < 1.29 is 4.39 Å². The Labute approximate surface area is 124 Å². The predicted molar refractivity (Wildman–Crippen MR) is 84.3 cm³/mol. The van der Waals surface area contributed by atoms with Crippen molar-refractivity contribution in [1.82, 2.24) is 10.3 Å². The standard InChI is InChI=1S/C17H20FN3/c1-11-6-12(9-20-8-11)14-7-16(18)15(10-19-2)17-13(14)4-3-5-21-17/h3-5,7,11-12,20H,2,6,8-10H2,1H3/t11-,12?/m1/s1. The Bertz CT molecular complexity index is 668. The molecule has 1 fully saturated rings. The number of hydrogen-bond donors (Lipinski definition) is 1. The lowest BCUT2D eigenvalue weighted by Gasteiger charge is -2.29. The van der Waals surface area contributed by atoms with E-state index in [1.807, 2.05) is 12.1 Å². The molecule has 1 aliphatic rings. The molecule has 4 heteroatoms. The number of rotatable bonds is 3. The Morgan fingerprint density at radius 1 is 1.48 bits per heavy atom. The molecule has 1 unspecified atom stereocenters. The van der Waals surface area contributed by atoms with E-state index < -0.39 is 0 Å². The van der Waals surface area contributed by atoms with Gasteiger partial charge in [-0.25, -0.2) is 4.39 Å². The maximum absolute atomic E-state index is 14.5. The summed E-state index contributed by atoms with van der Waals surface area (Å²) in [4.78, 5) is 8.22. The van der Waals surface area contributed by atoms with Crippen molar-refractivity contribution in [3.05, 3.63) is 41.3 Å². The van der Waals surface area contributed by atoms with Crippen LogP contribution >= 0.6 is 0 Å². The van der Waals surface area contributed by atoms with Crippen molar-refractivity contribution in [2.75, 3.05) is 13.1 Å². The second-order valence-electron chi connectivity index (χ2n) is 5.90. The lowest BCUT2D eigenvalue weighted by Crippen LogP contribution is -2.34. The lowest BCUT2D eigenvalue weighted by atomic mass is 9.84. The molecule has 2 heterocycles. The molecule has 3 nitrogen and oxygen atoms in total. The summed E-state index contributed by atoms with van der Waals surface area (Å²) in [5, 5.41) is 4.48. The number of fused-ring (bicyclic) bond motifs is 1. The molecule has 0 saturated carbocycles. The second-order valence-corrected chi connectivity index (χ2v) is 5.90. The van der Waals surface area contributed by atoms with Gasteiger partial charge in [-0.1, -0.05) is 13.0 Å². The van der Waals surface area contributed by atoms with Crippen LogP contribution in [0.4, 0.5) is 4.39 Å². The third-order valence-electron chi connectivity index (χ3n) is 4.26. The highest BCUT2D eigenvalue weighted by Gasteiger charge is 2.24. The summed E-state index contributed by atoms with van der Waals surface area (Å²) in [7, 11) is 0. The van der Waals surface area contributed by atoms with Gasteiger partial charge in [-0.3, -0.25) is 9.98 Å². The maximum Gasteiger partial charge on any atom is 0.130 e. The molecule has 0 spiro atoms. The van der Waals surface area contributed by atoms with Gasteiger partial charge < -0.3 is 5.32 Å². The van der Waals surface area contributed by atoms with E-state index in [0.717, 1.165) is 36.0 Å². The van der Waals surface area contributed by atoms with Crippen molar-refractivity contribution in [2.45, 2.75) is 25.8 Å². The maximum atomic E-state index is 14.5. The van der Waals surface area contributed by atoms with E-state index in [-0.39, 0.29) is 12.4 Å². The van der Waals surface area contributed by atoms with Crippen LogP contribution in [0.3, 0.4) is 0 Å². The molecule has 0 aliphatic carbocycles. The number of pyridine rings is 1. The van der Waals surface area contributed by atoms with Gasteiger partial charge in [-0.15, -0.1) is 0 Å². The molecule has 1 aromatic carbocycles. The number of halogens is 1. The summed E-state index contributed by atoms with van der Waals surface area (Å²) in [6.07, 6.45) is 2.79. The molecule has 3 rings (SSSR count). The molecule has 0 radical (unpaired) electrons. The number of aromatic nitrogens is 1. The van der Waals surface area contributed by atoms with Crippen LogP contribution in [0.5, 0.6) is 0 Å². The van der Waals surface area contributed by atoms with Gasteiger partial charge in [0.2, 0.25) is 0 Å². The van der Waals surface area contributed by atoms with Gasteiger partial charge in [0, 0.05) is 23.7 Å². The molecule has 2 aromatic rings. The number of hydrogen-bond acceptors (Lipinski definition) is 3. The van der Waals surface area contributed by atoms with E-state index in [1.54, 1.807) is 12.3 Å². The number of nitrogens with one attached hydrogen (secondary N) is 1. The predicted octanol–water partition coefficient (Wildman–Crippen LogP) is 3.29. The van der Waals surface area contributed by atoms with E-state index in [4.69, 9.17) is 0 Å². The first-order valence-corrected chi connectivity index (χ1v) is 7.40. The van der Waals surface area contributed by atoms with Crippen molar-refractivity contribution in [3.8, 4) is 0 Å². The van der Waals surface area contributed by atoms with Gasteiger partial charge in [0.05, 0.1) is 12.1 Å². The molecule has 0 amide bonds. The Morgan fingerprint density at radius 3 is 3.10 bits per heavy atom. The van der Waals surface area contributed by atoms with Crippen LogP contribution in [-0.4, -0.2) is 24.8 Å². The monoisotopic (exact) mass is 285 g/mol. The first-order valence-electron chi connectivity index (χ1n) is 7.40. The summed E-state index contributed by atoms with van der Waals surface area (Å²) in [6.45, 7) is 7.89. The van der Waals surface area contributed by atoms with Crippen molar-refractivity contribution in [2.24, 2.45) is 10.9 Å². The second kappa shape index (κ2) is 5.90. The van der Waals surface area contributed by atoms with Gasteiger partial charge in [0.25, 0.3) is 0 Å². The van der Waals surface area contributed by atoms with Crippen LogP contribution in [0.2, 0.25) is 0 Å². The third kappa shape index (κ3) is 2.68. The summed E-state index contributed by atoms with van der Waals surface area (Å²) in [6, 6.07) is 5.62. The Balaban J connectivity index is 2.15. The summed E-state index contributed by atoms with van der Waals surface area (Å²) in [5.74, 6) is 0.718. The Morgan fingerprint density at radius 2 is 2.33 bits per heavy atom. The minimum Gasteiger partial charge on any atom is -0.316 e. The molecule has 1 N–H and O–H groups in total. The van der Waals surface area contributed by atoms with Gasteiger partial charge in [-0.05, 0) is 49.2 Å². The molecule has 110 valence electrons. The van der Waals surface area contributed by atoms with Crippen LogP contribution in [0.25, 0.3) is 10.9 Å². The topological polar surface area (TPSA) is 37.3 Å². The average Bonchev–Trinajstić information content (AvgIpc) is 2.50. The SMILES string of the molecule is C=NCc1c(F)cc(C2CNC[C@H](C)C2)c2cccnc12. The van der Waals surface area contributed by atoms with E-state index in [2.05, 4.69) is 28.9 Å². The summed E-state index contributed by atoms with van der Waals surface area (Å²) < 4.78 is 14.5. The molecule has 21 heavy (non-hydrogen) atoms. The van der Waals surface area contributed by atoms with Crippen molar-refractivity contribution >= 4 is 17.6 Å². The van der Waals surface area contributed by atoms with Crippen LogP contribution < -0.4 is 5.32 Å². The zero-order valence-electron chi connectivity index (χ0n) is 12.3. The minimum absolute atomic E-state index is 0.221. The smallest absolute Gasteiger partial charge is 0.130 e. The van der Waals surface area contributed by atoms with Crippen LogP contribution in [-0.2, 0) is 6.54 Å². The zero-order valence-corrected chi connectivity index (χ0v) is 12.3. The molecule has 1 aliphatic heterocycles. The van der Waals surface area contributed by atoms with Crippen molar-refractivity contribution in [1.29, 1.82) is 0 Å². The third-order valence-corrected chi connectivity index (χ3v) is 4.26. The number of piperidine rings is 1. The normalized spacial score (nSPS) is 22.4. The largest absolute Gasteiger partial charge is 0.316 e. The van der Waals surface area contributed by atoms with Crippen LogP contribution in [0, 0.1) is 11.7 Å². The van der Waals surface area contributed by atoms with Gasteiger partial charge >= 0.3 is 0 Å².